The van der Waals surface area contributed by atoms with Gasteiger partial charge in [-0.25, -0.2) is 9.97 Å². The molecule has 2 heterocycles. The molecule has 110 valence electrons. The van der Waals surface area contributed by atoms with Gasteiger partial charge in [-0.2, -0.15) is 12.7 Å². The van der Waals surface area contributed by atoms with Gasteiger partial charge in [0.25, 0.3) is 0 Å². The zero-order valence-corrected chi connectivity index (χ0v) is 12.8. The van der Waals surface area contributed by atoms with E-state index in [-0.39, 0.29) is 12.4 Å². The highest BCUT2D eigenvalue weighted by Crippen LogP contribution is 2.21. The summed E-state index contributed by atoms with van der Waals surface area (Å²) in [6, 6.07) is -1.04. The Morgan fingerprint density at radius 3 is 2.75 bits per heavy atom. The molecule has 1 fully saturated rings. The van der Waals surface area contributed by atoms with Crippen molar-refractivity contribution < 1.29 is 18.3 Å². The van der Waals surface area contributed by atoms with Crippen LogP contribution in [0.25, 0.3) is 0 Å². The number of aliphatic carboxylic acids is 1. The normalized spacial score (nSPS) is 20.6. The predicted octanol–water partition coefficient (Wildman–Crippen LogP) is 0.835. The van der Waals surface area contributed by atoms with Gasteiger partial charge in [0.15, 0.2) is 5.82 Å². The van der Waals surface area contributed by atoms with Crippen molar-refractivity contribution in [2.24, 2.45) is 0 Å². The van der Waals surface area contributed by atoms with E-state index in [1.54, 1.807) is 0 Å². The van der Waals surface area contributed by atoms with E-state index in [9.17, 15) is 13.2 Å². The molecule has 2 N–H and O–H groups in total. The molecule has 1 saturated heterocycles. The number of rotatable bonds is 4. The minimum absolute atomic E-state index is 0.0444. The molecule has 1 unspecified atom stereocenters. The Balaban J connectivity index is 2.20. The molecule has 0 spiro atoms. The van der Waals surface area contributed by atoms with Crippen LogP contribution in [0.2, 0.25) is 0 Å². The minimum atomic E-state index is -3.96. The smallest absolute Gasteiger partial charge is 0.322 e. The van der Waals surface area contributed by atoms with Gasteiger partial charge < -0.3 is 5.11 Å². The average molecular weight is 365 g/mol. The van der Waals surface area contributed by atoms with Crippen LogP contribution in [0.15, 0.2) is 17.0 Å². The molecule has 0 bridgehead atoms. The summed E-state index contributed by atoms with van der Waals surface area (Å²) >= 11 is 3.09. The summed E-state index contributed by atoms with van der Waals surface area (Å²) in [4.78, 5) is 18.8. The quantitative estimate of drug-likeness (QED) is 0.818. The largest absolute Gasteiger partial charge is 0.480 e. The molecule has 0 radical (unpaired) electrons. The number of nitrogens with one attached hydrogen (secondary N) is 1. The Morgan fingerprint density at radius 2 is 2.15 bits per heavy atom. The SMILES string of the molecule is O=C(O)C1CCCCN1S(=O)(=O)Nc1cnc(Br)cn1. The lowest BCUT2D eigenvalue weighted by atomic mass is 10.1. The molecular formula is C10H13BrN4O4S. The number of halogens is 1. The lowest BCUT2D eigenvalue weighted by molar-refractivity contribution is -0.142. The number of hydrogen-bond donors (Lipinski definition) is 2. The maximum atomic E-state index is 12.2. The van der Waals surface area contributed by atoms with Gasteiger partial charge in [0, 0.05) is 6.54 Å². The number of anilines is 1. The minimum Gasteiger partial charge on any atom is -0.480 e. The van der Waals surface area contributed by atoms with Crippen LogP contribution in [-0.2, 0) is 15.0 Å². The standard InChI is InChI=1S/C10H13BrN4O4S/c11-8-5-13-9(6-12-8)14-20(18,19)15-4-2-1-3-7(15)10(16)17/h5-7H,1-4H2,(H,13,14)(H,16,17). The molecule has 1 aromatic rings. The van der Waals surface area contributed by atoms with Crippen molar-refractivity contribution in [3.63, 3.8) is 0 Å². The molecule has 20 heavy (non-hydrogen) atoms. The summed E-state index contributed by atoms with van der Waals surface area (Å²) in [7, 11) is -3.96. The highest BCUT2D eigenvalue weighted by Gasteiger charge is 2.36. The van der Waals surface area contributed by atoms with Crippen molar-refractivity contribution in [2.75, 3.05) is 11.3 Å². The Bertz CT molecular complexity index is 592. The predicted molar refractivity (Wildman–Crippen MR) is 74.3 cm³/mol. The van der Waals surface area contributed by atoms with Crippen LogP contribution in [0.1, 0.15) is 19.3 Å². The van der Waals surface area contributed by atoms with Gasteiger partial charge in [-0.15, -0.1) is 0 Å². The molecule has 2 rings (SSSR count). The zero-order valence-electron chi connectivity index (χ0n) is 10.4. The van der Waals surface area contributed by atoms with E-state index < -0.39 is 22.2 Å². The maximum Gasteiger partial charge on any atom is 0.322 e. The number of nitrogens with zero attached hydrogens (tertiary/aromatic N) is 3. The number of carboxylic acid groups (broad SMARTS) is 1. The first kappa shape index (κ1) is 15.1. The Hall–Kier alpha value is -1.26. The fourth-order valence-electron chi connectivity index (χ4n) is 2.00. The van der Waals surface area contributed by atoms with Crippen molar-refractivity contribution in [1.82, 2.24) is 14.3 Å². The van der Waals surface area contributed by atoms with E-state index in [0.29, 0.717) is 23.9 Å². The van der Waals surface area contributed by atoms with E-state index in [4.69, 9.17) is 5.11 Å². The van der Waals surface area contributed by atoms with Gasteiger partial charge in [0.2, 0.25) is 0 Å². The number of carbonyl (C=O) groups is 1. The lowest BCUT2D eigenvalue weighted by Gasteiger charge is -2.31. The van der Waals surface area contributed by atoms with Crippen molar-refractivity contribution in [3.05, 3.63) is 17.0 Å². The number of piperidine rings is 1. The van der Waals surface area contributed by atoms with E-state index >= 15 is 0 Å². The summed E-state index contributed by atoms with van der Waals surface area (Å²) in [6.45, 7) is 0.177. The number of carboxylic acids is 1. The van der Waals surface area contributed by atoms with Crippen LogP contribution in [0.4, 0.5) is 5.82 Å². The Kier molecular flexibility index (Phi) is 4.55. The molecule has 1 aromatic heterocycles. The highest BCUT2D eigenvalue weighted by atomic mass is 79.9. The Morgan fingerprint density at radius 1 is 1.40 bits per heavy atom. The molecule has 0 aromatic carbocycles. The first-order valence-electron chi connectivity index (χ1n) is 5.90. The summed E-state index contributed by atoms with van der Waals surface area (Å²) in [5, 5.41) is 9.11. The topological polar surface area (TPSA) is 112 Å². The summed E-state index contributed by atoms with van der Waals surface area (Å²) in [5.74, 6) is -1.10. The molecule has 0 saturated carbocycles. The summed E-state index contributed by atoms with van der Waals surface area (Å²) in [5.41, 5.74) is 0. The van der Waals surface area contributed by atoms with Crippen molar-refractivity contribution >= 4 is 37.9 Å². The van der Waals surface area contributed by atoms with Crippen LogP contribution in [0, 0.1) is 0 Å². The fourth-order valence-corrected chi connectivity index (χ4v) is 3.59. The molecule has 8 nitrogen and oxygen atoms in total. The van der Waals surface area contributed by atoms with E-state index in [0.717, 1.165) is 4.31 Å². The monoisotopic (exact) mass is 364 g/mol. The van der Waals surface area contributed by atoms with Crippen LogP contribution in [0.5, 0.6) is 0 Å². The second kappa shape index (κ2) is 6.02. The van der Waals surface area contributed by atoms with Crippen molar-refractivity contribution in [1.29, 1.82) is 0 Å². The summed E-state index contributed by atoms with van der Waals surface area (Å²) < 4.78 is 28.1. The van der Waals surface area contributed by atoms with Gasteiger partial charge in [-0.1, -0.05) is 0 Å². The number of aromatic nitrogens is 2. The molecule has 1 atom stereocenters. The molecule has 0 amide bonds. The summed E-state index contributed by atoms with van der Waals surface area (Å²) in [6.07, 6.45) is 4.24. The van der Waals surface area contributed by atoms with Gasteiger partial charge in [-0.3, -0.25) is 9.52 Å². The van der Waals surface area contributed by atoms with E-state index in [1.807, 2.05) is 0 Å². The first-order valence-corrected chi connectivity index (χ1v) is 8.13. The third-order valence-electron chi connectivity index (χ3n) is 2.90. The third-order valence-corrected chi connectivity index (χ3v) is 4.83. The first-order chi connectivity index (χ1) is 9.40. The van der Waals surface area contributed by atoms with Crippen LogP contribution < -0.4 is 4.72 Å². The molecule has 1 aliphatic heterocycles. The number of hydrogen-bond acceptors (Lipinski definition) is 5. The third kappa shape index (κ3) is 3.44. The average Bonchev–Trinajstić information content (AvgIpc) is 2.41. The zero-order chi connectivity index (χ0) is 14.8. The second-order valence-electron chi connectivity index (χ2n) is 4.29. The van der Waals surface area contributed by atoms with Crippen LogP contribution in [-0.4, -0.2) is 46.4 Å². The van der Waals surface area contributed by atoms with Crippen LogP contribution >= 0.6 is 15.9 Å². The molecule has 0 aliphatic carbocycles. The maximum absolute atomic E-state index is 12.2. The Labute approximate surface area is 124 Å². The molecule has 10 heteroatoms. The van der Waals surface area contributed by atoms with Crippen molar-refractivity contribution in [3.8, 4) is 0 Å². The molecule has 1 aliphatic rings. The van der Waals surface area contributed by atoms with E-state index in [2.05, 4.69) is 30.6 Å². The second-order valence-corrected chi connectivity index (χ2v) is 6.73. The lowest BCUT2D eigenvalue weighted by Crippen LogP contribution is -2.50. The van der Waals surface area contributed by atoms with Crippen molar-refractivity contribution in [2.45, 2.75) is 25.3 Å². The van der Waals surface area contributed by atoms with Gasteiger partial charge in [0.1, 0.15) is 10.6 Å². The van der Waals surface area contributed by atoms with Gasteiger partial charge >= 0.3 is 16.2 Å². The van der Waals surface area contributed by atoms with Gasteiger partial charge in [-0.05, 0) is 35.2 Å². The fraction of sp³-hybridized carbons (Fsp3) is 0.500. The van der Waals surface area contributed by atoms with Crippen LogP contribution in [0.3, 0.4) is 0 Å². The molecular weight excluding hydrogens is 352 g/mol. The van der Waals surface area contributed by atoms with E-state index in [1.165, 1.54) is 12.4 Å². The van der Waals surface area contributed by atoms with Gasteiger partial charge in [0.05, 0.1) is 12.4 Å². The highest BCUT2D eigenvalue weighted by molar-refractivity contribution is 9.10.